The first kappa shape index (κ1) is 18.0. The van der Waals surface area contributed by atoms with Crippen molar-refractivity contribution in [3.05, 3.63) is 90.3 Å². The summed E-state index contributed by atoms with van der Waals surface area (Å²) in [5.41, 5.74) is 2.44. The van der Waals surface area contributed by atoms with Crippen molar-refractivity contribution in [3.8, 4) is 0 Å². The molecule has 1 fully saturated rings. The van der Waals surface area contributed by atoms with Crippen LogP contribution in [0, 0.1) is 0 Å². The van der Waals surface area contributed by atoms with Crippen LogP contribution in [0.25, 0.3) is 21.5 Å². The van der Waals surface area contributed by atoms with Gasteiger partial charge in [0.15, 0.2) is 5.17 Å². The molecule has 0 amide bonds. The zero-order chi connectivity index (χ0) is 20.1. The smallest absolute Gasteiger partial charge is 0.160 e. The number of fused-ring (bicyclic) bond motifs is 3. The van der Waals surface area contributed by atoms with Crippen LogP contribution in [0.4, 0.5) is 0 Å². The summed E-state index contributed by atoms with van der Waals surface area (Å²) in [5.74, 6) is 1.11. The quantitative estimate of drug-likeness (QED) is 0.368. The van der Waals surface area contributed by atoms with Gasteiger partial charge in [0, 0.05) is 18.0 Å². The molecule has 3 heterocycles. The molecule has 30 heavy (non-hydrogen) atoms. The maximum Gasteiger partial charge on any atom is 0.160 e. The van der Waals surface area contributed by atoms with E-state index in [2.05, 4.69) is 78.6 Å². The van der Waals surface area contributed by atoms with Crippen LogP contribution in [0.15, 0.2) is 84.0 Å². The highest BCUT2D eigenvalue weighted by atomic mass is 32.2. The zero-order valence-electron chi connectivity index (χ0n) is 16.9. The van der Waals surface area contributed by atoms with Gasteiger partial charge in [-0.1, -0.05) is 73.3 Å². The fourth-order valence-corrected chi connectivity index (χ4v) is 6.37. The van der Waals surface area contributed by atoms with Gasteiger partial charge in [0.05, 0.1) is 11.7 Å². The van der Waals surface area contributed by atoms with E-state index in [-0.39, 0.29) is 12.1 Å². The number of rotatable bonds is 3. The maximum atomic E-state index is 5.23. The summed E-state index contributed by atoms with van der Waals surface area (Å²) in [4.78, 5) is 12.6. The number of hydrogen-bond donors (Lipinski definition) is 0. The van der Waals surface area contributed by atoms with Crippen LogP contribution in [-0.2, 0) is 0 Å². The van der Waals surface area contributed by atoms with E-state index in [4.69, 9.17) is 9.98 Å². The second kappa shape index (κ2) is 7.13. The first-order chi connectivity index (χ1) is 14.8. The number of amidine groups is 1. The molecule has 3 atom stereocenters. The molecule has 2 aliphatic heterocycles. The summed E-state index contributed by atoms with van der Waals surface area (Å²) in [7, 11) is 0. The number of benzene rings is 3. The molecular formula is C26H23N3S. The second-order valence-corrected chi connectivity index (χ2v) is 9.06. The fraction of sp³-hybridized carbons (Fsp3) is 0.231. The third kappa shape index (κ3) is 2.67. The van der Waals surface area contributed by atoms with Crippen molar-refractivity contribution >= 4 is 38.5 Å². The van der Waals surface area contributed by atoms with Crippen molar-refractivity contribution in [1.82, 2.24) is 9.88 Å². The topological polar surface area (TPSA) is 28.5 Å². The molecule has 0 N–H and O–H groups in total. The van der Waals surface area contributed by atoms with Crippen LogP contribution in [-0.4, -0.2) is 26.8 Å². The predicted octanol–water partition coefficient (Wildman–Crippen LogP) is 6.37. The van der Waals surface area contributed by atoms with Crippen LogP contribution in [0.2, 0.25) is 0 Å². The van der Waals surface area contributed by atoms with Gasteiger partial charge in [-0.3, -0.25) is 9.98 Å². The summed E-state index contributed by atoms with van der Waals surface area (Å²) in [6.45, 7) is 2.29. The van der Waals surface area contributed by atoms with Crippen molar-refractivity contribution in [2.45, 2.75) is 31.5 Å². The molecule has 3 nitrogen and oxygen atoms in total. The second-order valence-electron chi connectivity index (χ2n) is 8.07. The van der Waals surface area contributed by atoms with Gasteiger partial charge in [-0.25, -0.2) is 0 Å². The van der Waals surface area contributed by atoms with Crippen molar-refractivity contribution in [2.24, 2.45) is 4.99 Å². The first-order valence-corrected chi connectivity index (χ1v) is 11.6. The summed E-state index contributed by atoms with van der Waals surface area (Å²) in [5, 5.41) is 6.41. The van der Waals surface area contributed by atoms with Gasteiger partial charge < -0.3 is 4.90 Å². The molecule has 3 aromatic carbocycles. The Morgan fingerprint density at radius 1 is 0.933 bits per heavy atom. The lowest BCUT2D eigenvalue weighted by Crippen LogP contribution is -2.35. The Labute approximate surface area is 180 Å². The van der Waals surface area contributed by atoms with Crippen LogP contribution in [0.5, 0.6) is 0 Å². The Balaban J connectivity index is 1.66. The molecule has 0 radical (unpaired) electrons. The van der Waals surface area contributed by atoms with Gasteiger partial charge in [-0.2, -0.15) is 0 Å². The van der Waals surface area contributed by atoms with Gasteiger partial charge >= 0.3 is 0 Å². The molecule has 1 aromatic heterocycles. The SMILES string of the molecule is CCC1CSC2=NC(c3ccccn3)C(c3c4ccccc4cc4ccccc34)N21. The van der Waals surface area contributed by atoms with Gasteiger partial charge in [0.2, 0.25) is 0 Å². The van der Waals surface area contributed by atoms with Crippen LogP contribution in [0.1, 0.15) is 36.7 Å². The Morgan fingerprint density at radius 2 is 1.63 bits per heavy atom. The highest BCUT2D eigenvalue weighted by Gasteiger charge is 2.46. The number of pyridine rings is 1. The van der Waals surface area contributed by atoms with Gasteiger partial charge in [-0.15, -0.1) is 0 Å². The fourth-order valence-electron chi connectivity index (χ4n) is 5.03. The monoisotopic (exact) mass is 409 g/mol. The van der Waals surface area contributed by atoms with E-state index in [9.17, 15) is 0 Å². The van der Waals surface area contributed by atoms with Crippen LogP contribution < -0.4 is 0 Å². The van der Waals surface area contributed by atoms with E-state index in [1.807, 2.05) is 24.0 Å². The minimum Gasteiger partial charge on any atom is -0.338 e. The van der Waals surface area contributed by atoms with Crippen molar-refractivity contribution < 1.29 is 0 Å². The van der Waals surface area contributed by atoms with E-state index in [1.54, 1.807) is 0 Å². The number of aromatic nitrogens is 1. The number of hydrogen-bond acceptors (Lipinski definition) is 4. The Kier molecular flexibility index (Phi) is 4.27. The molecule has 3 unspecified atom stereocenters. The van der Waals surface area contributed by atoms with Crippen LogP contribution >= 0.6 is 11.8 Å². The molecule has 2 aliphatic rings. The van der Waals surface area contributed by atoms with E-state index in [0.29, 0.717) is 6.04 Å². The van der Waals surface area contributed by atoms with E-state index >= 15 is 0 Å². The average Bonchev–Trinajstić information content (AvgIpc) is 3.37. The van der Waals surface area contributed by atoms with Crippen LogP contribution in [0.3, 0.4) is 0 Å². The lowest BCUT2D eigenvalue weighted by molar-refractivity contribution is 0.258. The Morgan fingerprint density at radius 3 is 2.30 bits per heavy atom. The molecule has 6 rings (SSSR count). The van der Waals surface area contributed by atoms with E-state index < -0.39 is 0 Å². The summed E-state index contributed by atoms with van der Waals surface area (Å²) >= 11 is 1.90. The molecule has 0 saturated carbocycles. The molecular weight excluding hydrogens is 386 g/mol. The molecule has 0 aliphatic carbocycles. The minimum atomic E-state index is 0.0114. The summed E-state index contributed by atoms with van der Waals surface area (Å²) < 4.78 is 0. The van der Waals surface area contributed by atoms with Crippen molar-refractivity contribution in [3.63, 3.8) is 0 Å². The molecule has 0 bridgehead atoms. The predicted molar refractivity (Wildman–Crippen MR) is 127 cm³/mol. The third-order valence-corrected chi connectivity index (χ3v) is 7.56. The molecule has 4 heteroatoms. The molecule has 4 aromatic rings. The van der Waals surface area contributed by atoms with Gasteiger partial charge in [0.25, 0.3) is 0 Å². The Hall–Kier alpha value is -2.85. The normalized spacial score (nSPS) is 23.2. The minimum absolute atomic E-state index is 0.0114. The lowest BCUT2D eigenvalue weighted by atomic mass is 9.87. The standard InChI is InChI=1S/C26H23N3S/c1-2-19-16-30-26-28-24(22-13-7-8-14-27-22)25(29(19)26)23-20-11-5-3-9-17(20)15-18-10-4-6-12-21(18)23/h3-15,19,24-25H,2,16H2,1H3. The molecule has 148 valence electrons. The summed E-state index contributed by atoms with van der Waals surface area (Å²) in [6, 6.07) is 26.8. The average molecular weight is 410 g/mol. The van der Waals surface area contributed by atoms with Gasteiger partial charge in [0.1, 0.15) is 6.04 Å². The van der Waals surface area contributed by atoms with Crippen molar-refractivity contribution in [2.75, 3.05) is 5.75 Å². The molecule has 0 spiro atoms. The molecule has 1 saturated heterocycles. The number of aliphatic imine (C=N–C) groups is 1. The highest BCUT2D eigenvalue weighted by molar-refractivity contribution is 8.14. The number of nitrogens with zero attached hydrogens (tertiary/aromatic N) is 3. The maximum absolute atomic E-state index is 5.23. The summed E-state index contributed by atoms with van der Waals surface area (Å²) in [6.07, 6.45) is 3.02. The van der Waals surface area contributed by atoms with Crippen molar-refractivity contribution in [1.29, 1.82) is 0 Å². The van der Waals surface area contributed by atoms with E-state index in [0.717, 1.165) is 17.9 Å². The Bertz CT molecular complexity index is 1210. The van der Waals surface area contributed by atoms with Gasteiger partial charge in [-0.05, 0) is 51.7 Å². The van der Waals surface area contributed by atoms with E-state index in [1.165, 1.54) is 32.3 Å². The number of thioether (sulfide) groups is 1. The highest BCUT2D eigenvalue weighted by Crippen LogP contribution is 2.51. The third-order valence-electron chi connectivity index (χ3n) is 6.44. The first-order valence-electron chi connectivity index (χ1n) is 10.7. The largest absolute Gasteiger partial charge is 0.338 e. The lowest BCUT2D eigenvalue weighted by Gasteiger charge is -2.33. The zero-order valence-corrected chi connectivity index (χ0v) is 17.7.